The lowest BCUT2D eigenvalue weighted by molar-refractivity contribution is -0.168. The van der Waals surface area contributed by atoms with Crippen molar-refractivity contribution in [3.8, 4) is 5.75 Å². The number of hydrogen-bond acceptors (Lipinski definition) is 4. The smallest absolute Gasteiger partial charge is 0.387 e. The van der Waals surface area contributed by atoms with E-state index in [1.54, 1.807) is 12.1 Å². The van der Waals surface area contributed by atoms with Gasteiger partial charge in [0.1, 0.15) is 5.75 Å². The van der Waals surface area contributed by atoms with E-state index >= 15 is 0 Å². The summed E-state index contributed by atoms with van der Waals surface area (Å²) >= 11 is 0. The van der Waals surface area contributed by atoms with E-state index in [0.29, 0.717) is 23.7 Å². The second kappa shape index (κ2) is 11.4. The molecule has 3 unspecified atom stereocenters. The summed E-state index contributed by atoms with van der Waals surface area (Å²) in [5.41, 5.74) is 0.812. The number of guanidine groups is 1. The highest BCUT2D eigenvalue weighted by atomic mass is 127. The van der Waals surface area contributed by atoms with Crippen LogP contribution < -0.4 is 15.4 Å². The quantitative estimate of drug-likeness (QED) is 0.253. The van der Waals surface area contributed by atoms with Gasteiger partial charge in [-0.25, -0.2) is 0 Å². The standard InChI is InChI=1S/C21H31F2N3O3.HI/c1-3-24-20(26-17-12-18(28-4-2)21(17)10-5-11-21)25-13-16(27)14-6-8-15(9-7-14)29-19(22)23;/h6-9,16-19,27H,3-5,10-13H2,1-2H3,(H2,24,25,26);1H. The highest BCUT2D eigenvalue weighted by Gasteiger charge is 2.59. The molecule has 2 aliphatic carbocycles. The molecule has 0 radical (unpaired) electrons. The van der Waals surface area contributed by atoms with E-state index in [0.717, 1.165) is 19.6 Å². The van der Waals surface area contributed by atoms with Crippen LogP contribution in [0, 0.1) is 5.41 Å². The monoisotopic (exact) mass is 539 g/mol. The van der Waals surface area contributed by atoms with Crippen molar-refractivity contribution in [2.45, 2.75) is 64.4 Å². The molecule has 0 saturated heterocycles. The minimum Gasteiger partial charge on any atom is -0.435 e. The summed E-state index contributed by atoms with van der Waals surface area (Å²) in [5, 5.41) is 17.2. The van der Waals surface area contributed by atoms with Gasteiger partial charge < -0.3 is 25.2 Å². The van der Waals surface area contributed by atoms with Crippen molar-refractivity contribution in [2.24, 2.45) is 10.4 Å². The van der Waals surface area contributed by atoms with Gasteiger partial charge in [0.15, 0.2) is 5.96 Å². The van der Waals surface area contributed by atoms with Crippen LogP contribution in [0.4, 0.5) is 8.78 Å². The molecule has 1 aromatic rings. The Bertz CT molecular complexity index is 687. The van der Waals surface area contributed by atoms with E-state index in [9.17, 15) is 13.9 Å². The van der Waals surface area contributed by atoms with Crippen molar-refractivity contribution < 1.29 is 23.4 Å². The van der Waals surface area contributed by atoms with Crippen molar-refractivity contribution in [2.75, 3.05) is 19.7 Å². The van der Waals surface area contributed by atoms with Gasteiger partial charge in [-0.05, 0) is 50.8 Å². The van der Waals surface area contributed by atoms with E-state index in [-0.39, 0.29) is 41.7 Å². The molecule has 9 heteroatoms. The molecular formula is C21H32F2IN3O3. The molecule has 6 nitrogen and oxygen atoms in total. The van der Waals surface area contributed by atoms with Gasteiger partial charge in [0, 0.05) is 24.6 Å². The molecule has 0 amide bonds. The van der Waals surface area contributed by atoms with Crippen LogP contribution in [0.15, 0.2) is 29.3 Å². The zero-order valence-electron chi connectivity index (χ0n) is 17.4. The zero-order valence-corrected chi connectivity index (χ0v) is 19.8. The Morgan fingerprint density at radius 3 is 2.50 bits per heavy atom. The largest absolute Gasteiger partial charge is 0.435 e. The summed E-state index contributed by atoms with van der Waals surface area (Å²) in [6.07, 6.45) is 4.03. The number of rotatable bonds is 9. The average molecular weight is 539 g/mol. The molecule has 3 rings (SSSR count). The van der Waals surface area contributed by atoms with Crippen LogP contribution >= 0.6 is 24.0 Å². The number of aliphatic hydroxyl groups is 1. The van der Waals surface area contributed by atoms with Crippen LogP contribution in [0.5, 0.6) is 5.75 Å². The van der Waals surface area contributed by atoms with Gasteiger partial charge in [-0.15, -0.1) is 24.0 Å². The highest BCUT2D eigenvalue weighted by molar-refractivity contribution is 14.0. The van der Waals surface area contributed by atoms with Crippen molar-refractivity contribution in [1.82, 2.24) is 10.6 Å². The van der Waals surface area contributed by atoms with Gasteiger partial charge >= 0.3 is 6.61 Å². The zero-order chi connectivity index (χ0) is 20.9. The fraction of sp³-hybridized carbons (Fsp3) is 0.667. The van der Waals surface area contributed by atoms with E-state index in [4.69, 9.17) is 4.74 Å². The molecule has 1 spiro atoms. The van der Waals surface area contributed by atoms with E-state index in [1.807, 2.05) is 13.8 Å². The number of nitrogens with zero attached hydrogens (tertiary/aromatic N) is 1. The molecule has 30 heavy (non-hydrogen) atoms. The first kappa shape index (κ1) is 25.1. The number of aliphatic hydroxyl groups excluding tert-OH is 1. The molecule has 0 aromatic heterocycles. The Labute approximate surface area is 193 Å². The molecular weight excluding hydrogens is 507 g/mol. The Morgan fingerprint density at radius 1 is 1.27 bits per heavy atom. The van der Waals surface area contributed by atoms with Crippen LogP contribution in [-0.2, 0) is 4.74 Å². The maximum Gasteiger partial charge on any atom is 0.387 e. The van der Waals surface area contributed by atoms with Gasteiger partial charge in [0.05, 0.1) is 18.8 Å². The van der Waals surface area contributed by atoms with E-state index in [2.05, 4.69) is 20.4 Å². The third kappa shape index (κ3) is 5.73. The third-order valence-electron chi connectivity index (χ3n) is 6.00. The lowest BCUT2D eigenvalue weighted by Crippen LogP contribution is -2.68. The fourth-order valence-electron chi connectivity index (χ4n) is 4.28. The molecule has 1 aromatic carbocycles. The summed E-state index contributed by atoms with van der Waals surface area (Å²) in [6, 6.07) is 6.30. The second-order valence-corrected chi connectivity index (χ2v) is 7.65. The first-order valence-corrected chi connectivity index (χ1v) is 10.4. The molecule has 2 fully saturated rings. The molecule has 2 aliphatic rings. The summed E-state index contributed by atoms with van der Waals surface area (Å²) < 4.78 is 34.7. The molecule has 0 bridgehead atoms. The number of halogens is 3. The summed E-state index contributed by atoms with van der Waals surface area (Å²) in [7, 11) is 0. The minimum atomic E-state index is -2.86. The third-order valence-corrected chi connectivity index (χ3v) is 6.00. The lowest BCUT2D eigenvalue weighted by Gasteiger charge is -2.61. The Kier molecular flexibility index (Phi) is 9.55. The van der Waals surface area contributed by atoms with Crippen LogP contribution in [0.1, 0.15) is 51.2 Å². The molecule has 0 heterocycles. The lowest BCUT2D eigenvalue weighted by atomic mass is 9.51. The number of hydrogen-bond donors (Lipinski definition) is 3. The highest BCUT2D eigenvalue weighted by Crippen LogP contribution is 2.57. The van der Waals surface area contributed by atoms with Crippen molar-refractivity contribution in [1.29, 1.82) is 0 Å². The van der Waals surface area contributed by atoms with E-state index < -0.39 is 12.7 Å². The van der Waals surface area contributed by atoms with Crippen molar-refractivity contribution in [3.05, 3.63) is 29.8 Å². The number of nitrogens with one attached hydrogen (secondary N) is 2. The number of ether oxygens (including phenoxy) is 2. The van der Waals surface area contributed by atoms with Gasteiger partial charge in [0.2, 0.25) is 0 Å². The van der Waals surface area contributed by atoms with Crippen molar-refractivity contribution in [3.63, 3.8) is 0 Å². The minimum absolute atomic E-state index is 0. The maximum absolute atomic E-state index is 12.2. The summed E-state index contributed by atoms with van der Waals surface area (Å²) in [4.78, 5) is 4.53. The number of benzene rings is 1. The first-order valence-electron chi connectivity index (χ1n) is 10.4. The van der Waals surface area contributed by atoms with Crippen LogP contribution in [0.2, 0.25) is 0 Å². The molecule has 0 aliphatic heterocycles. The first-order chi connectivity index (χ1) is 14.0. The summed E-state index contributed by atoms with van der Waals surface area (Å²) in [6.45, 7) is 2.79. The number of aliphatic imine (C=N–C) groups is 1. The predicted octanol–water partition coefficient (Wildman–Crippen LogP) is 3.84. The normalized spacial score (nSPS) is 23.2. The van der Waals surface area contributed by atoms with Crippen LogP contribution in [0.3, 0.4) is 0 Å². The average Bonchev–Trinajstić information content (AvgIpc) is 2.63. The van der Waals surface area contributed by atoms with Crippen LogP contribution in [-0.4, -0.2) is 49.5 Å². The molecule has 3 atom stereocenters. The SMILES string of the molecule is CCNC(=NCC(O)c1ccc(OC(F)F)cc1)NC1CC(OCC)C12CCC2.I. The Morgan fingerprint density at radius 2 is 1.97 bits per heavy atom. The molecule has 3 N–H and O–H groups in total. The second-order valence-electron chi connectivity index (χ2n) is 7.65. The van der Waals surface area contributed by atoms with Gasteiger partial charge in [-0.3, -0.25) is 4.99 Å². The Hall–Kier alpha value is -1.20. The molecule has 170 valence electrons. The molecule has 2 saturated carbocycles. The van der Waals surface area contributed by atoms with Gasteiger partial charge in [-0.1, -0.05) is 18.6 Å². The summed E-state index contributed by atoms with van der Waals surface area (Å²) in [5.74, 6) is 0.740. The van der Waals surface area contributed by atoms with E-state index in [1.165, 1.54) is 31.4 Å². The van der Waals surface area contributed by atoms with Gasteiger partial charge in [0.25, 0.3) is 0 Å². The topological polar surface area (TPSA) is 75.1 Å². The fourth-order valence-corrected chi connectivity index (χ4v) is 4.28. The maximum atomic E-state index is 12.2. The predicted molar refractivity (Wildman–Crippen MR) is 123 cm³/mol. The number of alkyl halides is 2. The van der Waals surface area contributed by atoms with Crippen molar-refractivity contribution >= 4 is 29.9 Å². The van der Waals surface area contributed by atoms with Gasteiger partial charge in [-0.2, -0.15) is 8.78 Å². The van der Waals surface area contributed by atoms with Crippen LogP contribution in [0.25, 0.3) is 0 Å². The Balaban J connectivity index is 0.00000320.